The topological polar surface area (TPSA) is 29.9 Å². The Morgan fingerprint density at radius 2 is 2.62 bits per heavy atom. The first kappa shape index (κ1) is 8.75. The van der Waals surface area contributed by atoms with E-state index in [1.807, 2.05) is 12.5 Å². The van der Waals surface area contributed by atoms with E-state index in [1.165, 1.54) is 18.5 Å². The molecule has 72 valence electrons. The monoisotopic (exact) mass is 179 g/mol. The van der Waals surface area contributed by atoms with Gasteiger partial charge in [0.2, 0.25) is 0 Å². The van der Waals surface area contributed by atoms with Gasteiger partial charge in [-0.3, -0.25) is 0 Å². The molecule has 1 aromatic rings. The van der Waals surface area contributed by atoms with E-state index in [1.54, 1.807) is 0 Å². The normalized spacial score (nSPS) is 22.4. The quantitative estimate of drug-likeness (QED) is 0.759. The summed E-state index contributed by atoms with van der Waals surface area (Å²) in [6, 6.07) is 0.643. The van der Waals surface area contributed by atoms with Crippen LogP contribution in [0.25, 0.3) is 0 Å². The van der Waals surface area contributed by atoms with E-state index in [4.69, 9.17) is 0 Å². The first-order valence-electron chi connectivity index (χ1n) is 5.13. The molecule has 0 aliphatic carbocycles. The molecular weight excluding hydrogens is 162 g/mol. The molecule has 0 radical (unpaired) electrons. The van der Waals surface area contributed by atoms with Crippen molar-refractivity contribution < 1.29 is 0 Å². The highest BCUT2D eigenvalue weighted by molar-refractivity contribution is 5.01. The van der Waals surface area contributed by atoms with Gasteiger partial charge in [0, 0.05) is 24.5 Å². The fourth-order valence-corrected chi connectivity index (χ4v) is 1.99. The molecule has 1 atom stereocenters. The zero-order valence-electron chi connectivity index (χ0n) is 8.16. The largest absolute Gasteiger partial charge is 0.330 e. The maximum Gasteiger partial charge on any atom is 0.0951 e. The second-order valence-corrected chi connectivity index (χ2v) is 3.69. The van der Waals surface area contributed by atoms with Crippen LogP contribution in [0.3, 0.4) is 0 Å². The predicted octanol–water partition coefficient (Wildman–Crippen LogP) is 1.37. The molecule has 2 rings (SSSR count). The molecule has 1 saturated heterocycles. The van der Waals surface area contributed by atoms with Gasteiger partial charge < -0.3 is 9.88 Å². The van der Waals surface area contributed by atoms with Crippen molar-refractivity contribution in [3.8, 4) is 0 Å². The van der Waals surface area contributed by atoms with Gasteiger partial charge in [-0.05, 0) is 19.4 Å². The molecule has 0 saturated carbocycles. The van der Waals surface area contributed by atoms with Crippen molar-refractivity contribution in [1.82, 2.24) is 14.9 Å². The molecule has 0 bridgehead atoms. The third kappa shape index (κ3) is 1.75. The van der Waals surface area contributed by atoms with Gasteiger partial charge in [0.15, 0.2) is 0 Å². The van der Waals surface area contributed by atoms with Crippen LogP contribution in [0.5, 0.6) is 0 Å². The summed E-state index contributed by atoms with van der Waals surface area (Å²) in [5, 5.41) is 3.38. The Kier molecular flexibility index (Phi) is 2.64. The van der Waals surface area contributed by atoms with Crippen molar-refractivity contribution in [3.63, 3.8) is 0 Å². The summed E-state index contributed by atoms with van der Waals surface area (Å²) in [4.78, 5) is 4.22. The lowest BCUT2D eigenvalue weighted by molar-refractivity contribution is 0.524. The van der Waals surface area contributed by atoms with E-state index in [0.717, 1.165) is 19.5 Å². The summed E-state index contributed by atoms with van der Waals surface area (Å²) >= 11 is 0. The van der Waals surface area contributed by atoms with Gasteiger partial charge in [-0.2, -0.15) is 0 Å². The molecule has 2 heterocycles. The molecule has 0 amide bonds. The second kappa shape index (κ2) is 3.92. The molecular formula is C10H17N3. The van der Waals surface area contributed by atoms with Crippen LogP contribution < -0.4 is 5.32 Å². The summed E-state index contributed by atoms with van der Waals surface area (Å²) in [6.07, 6.45) is 7.57. The van der Waals surface area contributed by atoms with Gasteiger partial charge in [0.05, 0.1) is 6.33 Å². The van der Waals surface area contributed by atoms with Gasteiger partial charge in [-0.15, -0.1) is 0 Å². The lowest BCUT2D eigenvalue weighted by Gasteiger charge is -2.13. The molecule has 13 heavy (non-hydrogen) atoms. The smallest absolute Gasteiger partial charge is 0.0951 e. The highest BCUT2D eigenvalue weighted by Gasteiger charge is 2.17. The standard InChI is InChI=1S/C10H17N3/c1-2-3-9-7-12-8-13(9)10-4-5-11-6-10/h7-8,10-11H,2-6H2,1H3. The van der Waals surface area contributed by atoms with E-state index in [2.05, 4.69) is 21.8 Å². The molecule has 1 aromatic heterocycles. The first-order chi connectivity index (χ1) is 6.42. The van der Waals surface area contributed by atoms with E-state index in [0.29, 0.717) is 6.04 Å². The van der Waals surface area contributed by atoms with E-state index in [9.17, 15) is 0 Å². The number of hydrogen-bond acceptors (Lipinski definition) is 2. The van der Waals surface area contributed by atoms with Crippen LogP contribution in [-0.2, 0) is 6.42 Å². The number of hydrogen-bond donors (Lipinski definition) is 1. The number of nitrogens with one attached hydrogen (secondary N) is 1. The van der Waals surface area contributed by atoms with Crippen LogP contribution in [0.2, 0.25) is 0 Å². The van der Waals surface area contributed by atoms with Crippen LogP contribution in [0.4, 0.5) is 0 Å². The Bertz CT molecular complexity index is 261. The van der Waals surface area contributed by atoms with Crippen molar-refractivity contribution in [2.24, 2.45) is 0 Å². The summed E-state index contributed by atoms with van der Waals surface area (Å²) in [5.74, 6) is 0. The van der Waals surface area contributed by atoms with Crippen LogP contribution in [-0.4, -0.2) is 22.6 Å². The van der Waals surface area contributed by atoms with Crippen molar-refractivity contribution in [3.05, 3.63) is 18.2 Å². The average molecular weight is 179 g/mol. The molecule has 1 N–H and O–H groups in total. The molecule has 3 nitrogen and oxygen atoms in total. The summed E-state index contributed by atoms with van der Waals surface area (Å²) < 4.78 is 2.34. The lowest BCUT2D eigenvalue weighted by atomic mass is 10.2. The van der Waals surface area contributed by atoms with E-state index >= 15 is 0 Å². The first-order valence-corrected chi connectivity index (χ1v) is 5.13. The highest BCUT2D eigenvalue weighted by atomic mass is 15.1. The van der Waals surface area contributed by atoms with Gasteiger partial charge in [-0.1, -0.05) is 13.3 Å². The summed E-state index contributed by atoms with van der Waals surface area (Å²) in [6.45, 7) is 4.46. The minimum Gasteiger partial charge on any atom is -0.330 e. The van der Waals surface area contributed by atoms with Crippen LogP contribution in [0.1, 0.15) is 31.5 Å². The number of rotatable bonds is 3. The zero-order chi connectivity index (χ0) is 9.10. The zero-order valence-corrected chi connectivity index (χ0v) is 8.16. The predicted molar refractivity (Wildman–Crippen MR) is 52.7 cm³/mol. The van der Waals surface area contributed by atoms with E-state index < -0.39 is 0 Å². The molecule has 1 unspecified atom stereocenters. The van der Waals surface area contributed by atoms with Gasteiger partial charge in [0.25, 0.3) is 0 Å². The molecule has 1 aliphatic rings. The minimum atomic E-state index is 0.643. The summed E-state index contributed by atoms with van der Waals surface area (Å²) in [5.41, 5.74) is 1.39. The molecule has 3 heteroatoms. The maximum atomic E-state index is 4.22. The Hall–Kier alpha value is -0.830. The number of nitrogens with zero attached hydrogens (tertiary/aromatic N) is 2. The Balaban J connectivity index is 2.13. The summed E-state index contributed by atoms with van der Waals surface area (Å²) in [7, 11) is 0. The third-order valence-electron chi connectivity index (χ3n) is 2.68. The van der Waals surface area contributed by atoms with Crippen molar-refractivity contribution in [1.29, 1.82) is 0 Å². The highest BCUT2D eigenvalue weighted by Crippen LogP contribution is 2.17. The number of aryl methyl sites for hydroxylation is 1. The van der Waals surface area contributed by atoms with E-state index in [-0.39, 0.29) is 0 Å². The van der Waals surface area contributed by atoms with Gasteiger partial charge >= 0.3 is 0 Å². The number of aromatic nitrogens is 2. The lowest BCUT2D eigenvalue weighted by Crippen LogP contribution is -2.14. The SMILES string of the molecule is CCCc1cncn1C1CCNC1. The second-order valence-electron chi connectivity index (χ2n) is 3.69. The Labute approximate surface area is 79.2 Å². The third-order valence-corrected chi connectivity index (χ3v) is 2.68. The van der Waals surface area contributed by atoms with Crippen molar-refractivity contribution in [2.75, 3.05) is 13.1 Å². The number of imidazole rings is 1. The van der Waals surface area contributed by atoms with Crippen LogP contribution in [0.15, 0.2) is 12.5 Å². The molecule has 1 aliphatic heterocycles. The molecule has 1 fully saturated rings. The Morgan fingerprint density at radius 3 is 3.31 bits per heavy atom. The average Bonchev–Trinajstić information content (AvgIpc) is 2.71. The molecule has 0 aromatic carbocycles. The fourth-order valence-electron chi connectivity index (χ4n) is 1.99. The van der Waals surface area contributed by atoms with Crippen molar-refractivity contribution >= 4 is 0 Å². The maximum absolute atomic E-state index is 4.22. The van der Waals surface area contributed by atoms with Crippen molar-refractivity contribution in [2.45, 2.75) is 32.2 Å². The van der Waals surface area contributed by atoms with Gasteiger partial charge in [-0.25, -0.2) is 4.98 Å². The van der Waals surface area contributed by atoms with Gasteiger partial charge in [0.1, 0.15) is 0 Å². The van der Waals surface area contributed by atoms with Crippen LogP contribution >= 0.6 is 0 Å². The molecule has 0 spiro atoms. The fraction of sp³-hybridized carbons (Fsp3) is 0.700. The Morgan fingerprint density at radius 1 is 1.69 bits per heavy atom. The van der Waals surface area contributed by atoms with Crippen LogP contribution in [0, 0.1) is 0 Å². The minimum absolute atomic E-state index is 0.643.